The lowest BCUT2D eigenvalue weighted by Gasteiger charge is -2.17. The molecule has 2 rings (SSSR count). The maximum Gasteiger partial charge on any atom is 0.265 e. The van der Waals surface area contributed by atoms with Crippen molar-refractivity contribution in [1.29, 1.82) is 0 Å². The number of hydrogen-bond donors (Lipinski definition) is 1. The molecule has 0 fully saturated rings. The average molecular weight is 291 g/mol. The van der Waals surface area contributed by atoms with Crippen LogP contribution < -0.4 is 10.1 Å². The Morgan fingerprint density at radius 3 is 2.33 bits per heavy atom. The molecule has 1 amide bonds. The predicted molar refractivity (Wildman–Crippen MR) is 76.1 cm³/mol. The van der Waals surface area contributed by atoms with Crippen LogP contribution in [0.25, 0.3) is 0 Å². The summed E-state index contributed by atoms with van der Waals surface area (Å²) in [5, 5.41) is 2.45. The minimum absolute atomic E-state index is 0.0626. The highest BCUT2D eigenvalue weighted by Gasteiger charge is 2.19. The summed E-state index contributed by atoms with van der Waals surface area (Å²) in [6, 6.07) is 11.7. The molecule has 110 valence electrons. The molecule has 0 saturated heterocycles. The highest BCUT2D eigenvalue weighted by molar-refractivity contribution is 5.94. The van der Waals surface area contributed by atoms with Gasteiger partial charge in [-0.05, 0) is 30.7 Å². The number of carbonyl (C=O) groups excluding carboxylic acids is 1. The van der Waals surface area contributed by atoms with Gasteiger partial charge < -0.3 is 10.1 Å². The molecular formula is C16H15F2NO2. The Labute approximate surface area is 121 Å². The zero-order valence-electron chi connectivity index (χ0n) is 11.5. The first-order valence-corrected chi connectivity index (χ1v) is 6.57. The molecule has 0 aliphatic carbocycles. The highest BCUT2D eigenvalue weighted by Crippen LogP contribution is 2.16. The quantitative estimate of drug-likeness (QED) is 0.911. The standard InChI is InChI=1S/C16H15F2NO2/c1-2-15(21-14-6-4-3-5-7-14)16(20)19-13-9-11(17)8-12(18)10-13/h3-10,15H,2H2,1H3,(H,19,20). The second-order valence-corrected chi connectivity index (χ2v) is 4.48. The maximum absolute atomic E-state index is 13.1. The summed E-state index contributed by atoms with van der Waals surface area (Å²) in [6.45, 7) is 1.79. The lowest BCUT2D eigenvalue weighted by Crippen LogP contribution is -2.32. The van der Waals surface area contributed by atoms with E-state index in [0.717, 1.165) is 18.2 Å². The Kier molecular flexibility index (Phi) is 4.87. The first-order chi connectivity index (χ1) is 10.1. The van der Waals surface area contributed by atoms with Crippen molar-refractivity contribution in [3.05, 3.63) is 60.2 Å². The van der Waals surface area contributed by atoms with Crippen molar-refractivity contribution in [3.8, 4) is 5.75 Å². The number of carbonyl (C=O) groups is 1. The van der Waals surface area contributed by atoms with Crippen LogP contribution in [-0.2, 0) is 4.79 Å². The van der Waals surface area contributed by atoms with Crippen LogP contribution >= 0.6 is 0 Å². The number of para-hydroxylation sites is 1. The summed E-state index contributed by atoms with van der Waals surface area (Å²) in [5.41, 5.74) is 0.0626. The van der Waals surface area contributed by atoms with Gasteiger partial charge in [0.25, 0.3) is 5.91 Å². The van der Waals surface area contributed by atoms with Gasteiger partial charge in [0.05, 0.1) is 0 Å². The molecule has 1 N–H and O–H groups in total. The molecule has 0 aromatic heterocycles. The summed E-state index contributed by atoms with van der Waals surface area (Å²) in [5.74, 6) is -1.39. The number of hydrogen-bond acceptors (Lipinski definition) is 2. The monoisotopic (exact) mass is 291 g/mol. The molecular weight excluding hydrogens is 276 g/mol. The van der Waals surface area contributed by atoms with E-state index in [-0.39, 0.29) is 5.69 Å². The Morgan fingerprint density at radius 1 is 1.14 bits per heavy atom. The summed E-state index contributed by atoms with van der Waals surface area (Å²) >= 11 is 0. The molecule has 0 aliphatic rings. The van der Waals surface area contributed by atoms with E-state index in [9.17, 15) is 13.6 Å². The van der Waals surface area contributed by atoms with Gasteiger partial charge in [-0.2, -0.15) is 0 Å². The van der Waals surface area contributed by atoms with Gasteiger partial charge in [-0.3, -0.25) is 4.79 Å². The summed E-state index contributed by atoms with van der Waals surface area (Å²) in [6.07, 6.45) is -0.308. The molecule has 1 unspecified atom stereocenters. The van der Waals surface area contributed by atoms with Crippen molar-refractivity contribution in [2.45, 2.75) is 19.4 Å². The molecule has 0 aliphatic heterocycles. The number of ether oxygens (including phenoxy) is 1. The fourth-order valence-electron chi connectivity index (χ4n) is 1.83. The zero-order valence-corrected chi connectivity index (χ0v) is 11.5. The van der Waals surface area contributed by atoms with Crippen LogP contribution in [0.2, 0.25) is 0 Å². The van der Waals surface area contributed by atoms with Crippen molar-refractivity contribution >= 4 is 11.6 Å². The van der Waals surface area contributed by atoms with Crippen LogP contribution in [0, 0.1) is 11.6 Å². The van der Waals surface area contributed by atoms with Crippen LogP contribution in [0.15, 0.2) is 48.5 Å². The van der Waals surface area contributed by atoms with Gasteiger partial charge in [0.15, 0.2) is 6.10 Å². The number of nitrogens with one attached hydrogen (secondary N) is 1. The number of rotatable bonds is 5. The van der Waals surface area contributed by atoms with Gasteiger partial charge in [0.1, 0.15) is 17.4 Å². The summed E-state index contributed by atoms with van der Waals surface area (Å²) in [4.78, 5) is 12.1. The molecule has 0 bridgehead atoms. The third kappa shape index (κ3) is 4.27. The number of benzene rings is 2. The Balaban J connectivity index is 2.06. The SMILES string of the molecule is CCC(Oc1ccccc1)C(=O)Nc1cc(F)cc(F)c1. The molecule has 0 saturated carbocycles. The second-order valence-electron chi connectivity index (χ2n) is 4.48. The summed E-state index contributed by atoms with van der Waals surface area (Å²) in [7, 11) is 0. The van der Waals surface area contributed by atoms with E-state index in [0.29, 0.717) is 12.2 Å². The lowest BCUT2D eigenvalue weighted by atomic mass is 10.2. The third-order valence-electron chi connectivity index (χ3n) is 2.81. The van der Waals surface area contributed by atoms with Crippen molar-refractivity contribution in [1.82, 2.24) is 0 Å². The minimum Gasteiger partial charge on any atom is -0.481 e. The van der Waals surface area contributed by atoms with E-state index in [1.54, 1.807) is 31.2 Å². The first-order valence-electron chi connectivity index (χ1n) is 6.57. The van der Waals surface area contributed by atoms with E-state index >= 15 is 0 Å². The highest BCUT2D eigenvalue weighted by atomic mass is 19.1. The lowest BCUT2D eigenvalue weighted by molar-refractivity contribution is -0.122. The number of amides is 1. The normalized spacial score (nSPS) is 11.8. The first kappa shape index (κ1) is 15.0. The van der Waals surface area contributed by atoms with Gasteiger partial charge in [-0.1, -0.05) is 25.1 Å². The Hall–Kier alpha value is -2.43. The summed E-state index contributed by atoms with van der Waals surface area (Å²) < 4.78 is 31.7. The molecule has 21 heavy (non-hydrogen) atoms. The largest absolute Gasteiger partial charge is 0.481 e. The maximum atomic E-state index is 13.1. The van der Waals surface area contributed by atoms with Crippen LogP contribution in [-0.4, -0.2) is 12.0 Å². The predicted octanol–water partition coefficient (Wildman–Crippen LogP) is 3.76. The van der Waals surface area contributed by atoms with Gasteiger partial charge in [-0.15, -0.1) is 0 Å². The van der Waals surface area contributed by atoms with Gasteiger partial charge in [0.2, 0.25) is 0 Å². The van der Waals surface area contributed by atoms with Crippen LogP contribution in [0.5, 0.6) is 5.75 Å². The molecule has 0 heterocycles. The Bertz CT molecular complexity index is 597. The smallest absolute Gasteiger partial charge is 0.265 e. The van der Waals surface area contributed by atoms with E-state index < -0.39 is 23.6 Å². The topological polar surface area (TPSA) is 38.3 Å². The Morgan fingerprint density at radius 2 is 1.76 bits per heavy atom. The van der Waals surface area contributed by atoms with Crippen molar-refractivity contribution < 1.29 is 18.3 Å². The van der Waals surface area contributed by atoms with Crippen LogP contribution in [0.1, 0.15) is 13.3 Å². The molecule has 1 atom stereocenters. The number of halogens is 2. The van der Waals surface area contributed by atoms with Crippen molar-refractivity contribution in [3.63, 3.8) is 0 Å². The van der Waals surface area contributed by atoms with E-state index in [2.05, 4.69) is 5.32 Å². The molecule has 0 radical (unpaired) electrons. The van der Waals surface area contributed by atoms with Crippen molar-refractivity contribution in [2.75, 3.05) is 5.32 Å². The van der Waals surface area contributed by atoms with Crippen molar-refractivity contribution in [2.24, 2.45) is 0 Å². The molecule has 2 aromatic carbocycles. The third-order valence-corrected chi connectivity index (χ3v) is 2.81. The molecule has 5 heteroatoms. The van der Waals surface area contributed by atoms with Gasteiger partial charge >= 0.3 is 0 Å². The molecule has 2 aromatic rings. The zero-order chi connectivity index (χ0) is 15.2. The fourth-order valence-corrected chi connectivity index (χ4v) is 1.83. The number of anilines is 1. The average Bonchev–Trinajstić information content (AvgIpc) is 2.44. The molecule has 3 nitrogen and oxygen atoms in total. The minimum atomic E-state index is -0.748. The van der Waals surface area contributed by atoms with Gasteiger partial charge in [-0.25, -0.2) is 8.78 Å². The van der Waals surface area contributed by atoms with Crippen LogP contribution in [0.4, 0.5) is 14.5 Å². The van der Waals surface area contributed by atoms with E-state index in [1.807, 2.05) is 6.07 Å². The van der Waals surface area contributed by atoms with E-state index in [1.165, 1.54) is 0 Å². The van der Waals surface area contributed by atoms with E-state index in [4.69, 9.17) is 4.74 Å². The fraction of sp³-hybridized carbons (Fsp3) is 0.188. The molecule has 0 spiro atoms. The van der Waals surface area contributed by atoms with Gasteiger partial charge in [0, 0.05) is 11.8 Å². The second kappa shape index (κ2) is 6.83. The van der Waals surface area contributed by atoms with Crippen LogP contribution in [0.3, 0.4) is 0 Å².